The highest BCUT2D eigenvalue weighted by Crippen LogP contribution is 2.12. The highest BCUT2D eigenvalue weighted by molar-refractivity contribution is 5.97. The van der Waals surface area contributed by atoms with E-state index in [-0.39, 0.29) is 24.9 Å². The maximum Gasteiger partial charge on any atom is 0.255 e. The maximum absolute atomic E-state index is 11.8. The van der Waals surface area contributed by atoms with E-state index in [2.05, 4.69) is 10.6 Å². The van der Waals surface area contributed by atoms with Gasteiger partial charge in [0.2, 0.25) is 5.91 Å². The van der Waals surface area contributed by atoms with Crippen LogP contribution in [0, 0.1) is 13.8 Å². The van der Waals surface area contributed by atoms with Gasteiger partial charge in [0.25, 0.3) is 5.91 Å². The first kappa shape index (κ1) is 16.8. The number of hydrogen-bond acceptors (Lipinski definition) is 4. The van der Waals surface area contributed by atoms with Crippen molar-refractivity contribution in [1.29, 1.82) is 0 Å². The molecule has 6 nitrogen and oxygen atoms in total. The third kappa shape index (κ3) is 4.69. The molecule has 0 aliphatic rings. The van der Waals surface area contributed by atoms with E-state index >= 15 is 0 Å². The van der Waals surface area contributed by atoms with E-state index in [1.54, 1.807) is 13.0 Å². The van der Waals surface area contributed by atoms with Crippen molar-refractivity contribution < 1.29 is 19.1 Å². The number of benzene rings is 1. The highest BCUT2D eigenvalue weighted by atomic mass is 16.3. The van der Waals surface area contributed by atoms with Crippen molar-refractivity contribution in [2.45, 2.75) is 20.0 Å². The number of nitrogens with one attached hydrogen (secondary N) is 2. The quantitative estimate of drug-likeness (QED) is 0.752. The van der Waals surface area contributed by atoms with Gasteiger partial charge in [0.05, 0.1) is 24.5 Å². The summed E-state index contributed by atoms with van der Waals surface area (Å²) in [6.45, 7) is 3.56. The molecular weight excluding hydrogens is 296 g/mol. The van der Waals surface area contributed by atoms with Gasteiger partial charge in [-0.3, -0.25) is 9.59 Å². The van der Waals surface area contributed by atoms with Crippen molar-refractivity contribution >= 4 is 11.8 Å². The van der Waals surface area contributed by atoms with Crippen LogP contribution in [0.4, 0.5) is 0 Å². The smallest absolute Gasteiger partial charge is 0.255 e. The lowest BCUT2D eigenvalue weighted by Gasteiger charge is -2.13. The Hall–Kier alpha value is -2.60. The lowest BCUT2D eigenvalue weighted by Crippen LogP contribution is -2.38. The van der Waals surface area contributed by atoms with Gasteiger partial charge in [0.1, 0.15) is 5.76 Å². The molecule has 23 heavy (non-hydrogen) atoms. The monoisotopic (exact) mass is 316 g/mol. The molecule has 1 heterocycles. The van der Waals surface area contributed by atoms with Crippen molar-refractivity contribution in [3.05, 3.63) is 59.0 Å². The first-order valence-electron chi connectivity index (χ1n) is 7.31. The Bertz CT molecular complexity index is 676. The number of hydrogen-bond donors (Lipinski definition) is 3. The van der Waals surface area contributed by atoms with Gasteiger partial charge in [-0.05, 0) is 25.5 Å². The number of carbonyl (C=O) groups is 2. The van der Waals surface area contributed by atoms with E-state index in [0.717, 1.165) is 11.1 Å². The Morgan fingerprint density at radius 1 is 1.13 bits per heavy atom. The second-order valence-corrected chi connectivity index (χ2v) is 5.30. The summed E-state index contributed by atoms with van der Waals surface area (Å²) >= 11 is 0. The number of aliphatic hydroxyl groups is 1. The fourth-order valence-electron chi connectivity index (χ4n) is 2.06. The average Bonchev–Trinajstić information content (AvgIpc) is 2.97. The standard InChI is InChI=1S/C17H20N2O4/c1-11-3-5-13(6-4-11)15(20)9-18-16(21)10-19-17(22)14-7-8-23-12(14)2/h3-8,15,20H,9-10H2,1-2H3,(H,18,21)(H,19,22)/t15-/m0/s1. The Balaban J connectivity index is 1.76. The van der Waals surface area contributed by atoms with Gasteiger partial charge in [-0.2, -0.15) is 0 Å². The molecule has 0 fully saturated rings. The van der Waals surface area contributed by atoms with Crippen LogP contribution in [-0.4, -0.2) is 30.0 Å². The van der Waals surface area contributed by atoms with Crippen molar-refractivity contribution in [3.63, 3.8) is 0 Å². The fraction of sp³-hybridized carbons (Fsp3) is 0.294. The summed E-state index contributed by atoms with van der Waals surface area (Å²) in [5.41, 5.74) is 2.23. The van der Waals surface area contributed by atoms with Crippen LogP contribution in [0.1, 0.15) is 33.3 Å². The molecule has 2 aromatic rings. The van der Waals surface area contributed by atoms with Crippen molar-refractivity contribution in [2.75, 3.05) is 13.1 Å². The number of aryl methyl sites for hydroxylation is 2. The summed E-state index contributed by atoms with van der Waals surface area (Å²) in [5, 5.41) is 15.1. The van der Waals surface area contributed by atoms with Crippen molar-refractivity contribution in [3.8, 4) is 0 Å². The minimum absolute atomic E-state index is 0.0858. The van der Waals surface area contributed by atoms with Crippen LogP contribution < -0.4 is 10.6 Å². The van der Waals surface area contributed by atoms with Gasteiger partial charge >= 0.3 is 0 Å². The van der Waals surface area contributed by atoms with Crippen LogP contribution in [0.25, 0.3) is 0 Å². The molecule has 0 aliphatic heterocycles. The van der Waals surface area contributed by atoms with E-state index in [9.17, 15) is 14.7 Å². The van der Waals surface area contributed by atoms with E-state index in [4.69, 9.17) is 4.42 Å². The molecule has 2 rings (SSSR count). The minimum Gasteiger partial charge on any atom is -0.469 e. The van der Waals surface area contributed by atoms with E-state index in [1.165, 1.54) is 6.26 Å². The summed E-state index contributed by atoms with van der Waals surface area (Å²) < 4.78 is 5.03. The van der Waals surface area contributed by atoms with Gasteiger partial charge in [-0.25, -0.2) is 0 Å². The van der Waals surface area contributed by atoms with E-state index in [1.807, 2.05) is 31.2 Å². The average molecular weight is 316 g/mol. The molecule has 0 aliphatic carbocycles. The van der Waals surface area contributed by atoms with Gasteiger partial charge in [0, 0.05) is 6.54 Å². The fourth-order valence-corrected chi connectivity index (χ4v) is 2.06. The van der Waals surface area contributed by atoms with Crippen molar-refractivity contribution in [1.82, 2.24) is 10.6 Å². The highest BCUT2D eigenvalue weighted by Gasteiger charge is 2.13. The molecule has 1 atom stereocenters. The third-order valence-electron chi connectivity index (χ3n) is 3.47. The van der Waals surface area contributed by atoms with Crippen LogP contribution in [0.2, 0.25) is 0 Å². The lowest BCUT2D eigenvalue weighted by atomic mass is 10.1. The lowest BCUT2D eigenvalue weighted by molar-refractivity contribution is -0.120. The van der Waals surface area contributed by atoms with E-state index < -0.39 is 6.10 Å². The molecule has 6 heteroatoms. The van der Waals surface area contributed by atoms with Crippen LogP contribution in [0.15, 0.2) is 41.0 Å². The van der Waals surface area contributed by atoms with Crippen LogP contribution >= 0.6 is 0 Å². The largest absolute Gasteiger partial charge is 0.469 e. The molecule has 0 saturated carbocycles. The summed E-state index contributed by atoms with van der Waals surface area (Å²) in [7, 11) is 0. The summed E-state index contributed by atoms with van der Waals surface area (Å²) in [5.74, 6) is -0.242. The molecule has 3 N–H and O–H groups in total. The Morgan fingerprint density at radius 3 is 2.43 bits per heavy atom. The van der Waals surface area contributed by atoms with Crippen LogP contribution in [-0.2, 0) is 4.79 Å². The first-order chi connectivity index (χ1) is 11.0. The minimum atomic E-state index is -0.786. The molecule has 1 aromatic heterocycles. The SMILES string of the molecule is Cc1ccc([C@@H](O)CNC(=O)CNC(=O)c2ccoc2C)cc1. The predicted octanol–water partition coefficient (Wildman–Crippen LogP) is 1.48. The molecule has 122 valence electrons. The topological polar surface area (TPSA) is 91.6 Å². The van der Waals surface area contributed by atoms with Gasteiger partial charge < -0.3 is 20.2 Å². The number of aliphatic hydroxyl groups excluding tert-OH is 1. The second-order valence-electron chi connectivity index (χ2n) is 5.30. The van der Waals surface area contributed by atoms with Crippen LogP contribution in [0.5, 0.6) is 0 Å². The normalized spacial score (nSPS) is 11.8. The predicted molar refractivity (Wildman–Crippen MR) is 84.9 cm³/mol. The molecule has 0 bridgehead atoms. The van der Waals surface area contributed by atoms with E-state index in [0.29, 0.717) is 11.3 Å². The van der Waals surface area contributed by atoms with Gasteiger partial charge in [0.15, 0.2) is 0 Å². The number of amides is 2. The summed E-state index contributed by atoms with van der Waals surface area (Å²) in [6.07, 6.45) is 0.633. The van der Waals surface area contributed by atoms with Gasteiger partial charge in [-0.15, -0.1) is 0 Å². The Labute approximate surface area is 134 Å². The number of carbonyl (C=O) groups excluding carboxylic acids is 2. The summed E-state index contributed by atoms with van der Waals surface area (Å²) in [6, 6.07) is 8.97. The molecule has 0 radical (unpaired) electrons. The zero-order valence-corrected chi connectivity index (χ0v) is 13.1. The zero-order valence-electron chi connectivity index (χ0n) is 13.1. The molecule has 0 unspecified atom stereocenters. The second kappa shape index (κ2) is 7.60. The molecule has 0 spiro atoms. The Kier molecular flexibility index (Phi) is 5.54. The number of rotatable bonds is 6. The van der Waals surface area contributed by atoms with Crippen molar-refractivity contribution in [2.24, 2.45) is 0 Å². The molecular formula is C17H20N2O4. The summed E-state index contributed by atoms with van der Waals surface area (Å²) in [4.78, 5) is 23.6. The zero-order chi connectivity index (χ0) is 16.8. The van der Waals surface area contributed by atoms with Crippen LogP contribution in [0.3, 0.4) is 0 Å². The Morgan fingerprint density at radius 2 is 1.83 bits per heavy atom. The van der Waals surface area contributed by atoms with Gasteiger partial charge in [-0.1, -0.05) is 29.8 Å². The third-order valence-corrected chi connectivity index (χ3v) is 3.47. The molecule has 2 amide bonds. The first-order valence-corrected chi connectivity index (χ1v) is 7.31. The number of furan rings is 1. The molecule has 1 aromatic carbocycles. The maximum atomic E-state index is 11.8. The molecule has 0 saturated heterocycles.